The number of hydrogen-bond acceptors (Lipinski definition) is 7. The summed E-state index contributed by atoms with van der Waals surface area (Å²) in [6.45, 7) is 4.81. The Morgan fingerprint density at radius 1 is 1.08 bits per heavy atom. The quantitative estimate of drug-likeness (QED) is 0.684. The highest BCUT2D eigenvalue weighted by molar-refractivity contribution is 6.99. The lowest BCUT2D eigenvalue weighted by Gasteiger charge is -2.25. The Labute approximate surface area is 160 Å². The SMILES string of the molecule is Nc1nsnc1NCCCOc1ccccc1CN1CCCCCCC1. The van der Waals surface area contributed by atoms with Crippen molar-refractivity contribution in [1.82, 2.24) is 13.6 Å². The molecule has 3 N–H and O–H groups in total. The summed E-state index contributed by atoms with van der Waals surface area (Å²) in [5, 5.41) is 3.20. The molecule has 26 heavy (non-hydrogen) atoms. The Morgan fingerprint density at radius 3 is 2.62 bits per heavy atom. The maximum Gasteiger partial charge on any atom is 0.184 e. The number of likely N-dealkylation sites (tertiary alicyclic amines) is 1. The van der Waals surface area contributed by atoms with Crippen molar-refractivity contribution < 1.29 is 4.74 Å². The number of nitrogen functional groups attached to an aromatic ring is 1. The van der Waals surface area contributed by atoms with Crippen LogP contribution in [0.2, 0.25) is 0 Å². The van der Waals surface area contributed by atoms with E-state index in [1.165, 1.54) is 50.8 Å². The van der Waals surface area contributed by atoms with Gasteiger partial charge in [0.2, 0.25) is 0 Å². The summed E-state index contributed by atoms with van der Waals surface area (Å²) in [7, 11) is 0. The Hall–Kier alpha value is -1.86. The molecule has 1 aliphatic heterocycles. The van der Waals surface area contributed by atoms with Gasteiger partial charge in [0.25, 0.3) is 0 Å². The summed E-state index contributed by atoms with van der Waals surface area (Å²) in [5.41, 5.74) is 7.00. The molecule has 0 unspecified atom stereocenters. The minimum absolute atomic E-state index is 0.467. The van der Waals surface area contributed by atoms with Crippen LogP contribution in [0.5, 0.6) is 5.75 Å². The average Bonchev–Trinajstić information content (AvgIpc) is 3.03. The third kappa shape index (κ3) is 5.85. The Balaban J connectivity index is 1.45. The number of nitrogens with zero attached hydrogens (tertiary/aromatic N) is 3. The first-order chi connectivity index (χ1) is 12.8. The molecule has 142 valence electrons. The summed E-state index contributed by atoms with van der Waals surface area (Å²) in [6.07, 6.45) is 7.62. The van der Waals surface area contributed by atoms with Gasteiger partial charge in [-0.2, -0.15) is 8.75 Å². The van der Waals surface area contributed by atoms with E-state index in [4.69, 9.17) is 10.5 Å². The standard InChI is InChI=1S/C19H29N5OS/c20-18-19(23-26-22-18)21-11-8-14-25-17-10-5-4-9-16(17)15-24-12-6-2-1-3-7-13-24/h4-5,9-10H,1-3,6-8,11-15H2,(H2,20,22)(H,21,23). The molecule has 1 fully saturated rings. The molecular formula is C19H29N5OS. The van der Waals surface area contributed by atoms with Crippen LogP contribution in [0.4, 0.5) is 11.6 Å². The fraction of sp³-hybridized carbons (Fsp3) is 0.579. The van der Waals surface area contributed by atoms with Crippen LogP contribution in [-0.2, 0) is 6.54 Å². The number of benzene rings is 1. The summed E-state index contributed by atoms with van der Waals surface area (Å²) >= 11 is 1.12. The van der Waals surface area contributed by atoms with Gasteiger partial charge in [-0.3, -0.25) is 4.90 Å². The highest BCUT2D eigenvalue weighted by Crippen LogP contribution is 2.22. The molecule has 7 heteroatoms. The average molecular weight is 376 g/mol. The summed E-state index contributed by atoms with van der Waals surface area (Å²) < 4.78 is 14.1. The van der Waals surface area contributed by atoms with E-state index in [9.17, 15) is 0 Å². The van der Waals surface area contributed by atoms with Gasteiger partial charge in [0.15, 0.2) is 11.6 Å². The van der Waals surface area contributed by atoms with Crippen LogP contribution in [0, 0.1) is 0 Å². The highest BCUT2D eigenvalue weighted by Gasteiger charge is 2.11. The topological polar surface area (TPSA) is 76.3 Å². The molecular weight excluding hydrogens is 346 g/mol. The number of rotatable bonds is 8. The molecule has 2 aromatic rings. The first kappa shape index (κ1) is 18.9. The van der Waals surface area contributed by atoms with Gasteiger partial charge < -0.3 is 15.8 Å². The van der Waals surface area contributed by atoms with E-state index in [1.54, 1.807) is 0 Å². The van der Waals surface area contributed by atoms with Crippen molar-refractivity contribution in [3.8, 4) is 5.75 Å². The molecule has 2 heterocycles. The molecule has 6 nitrogen and oxygen atoms in total. The monoisotopic (exact) mass is 375 g/mol. The van der Waals surface area contributed by atoms with E-state index < -0.39 is 0 Å². The van der Waals surface area contributed by atoms with Crippen LogP contribution in [0.25, 0.3) is 0 Å². The van der Waals surface area contributed by atoms with Crippen molar-refractivity contribution in [2.45, 2.75) is 45.1 Å². The van der Waals surface area contributed by atoms with Crippen LogP contribution in [0.3, 0.4) is 0 Å². The van der Waals surface area contributed by atoms with Crippen LogP contribution >= 0.6 is 11.7 Å². The fourth-order valence-corrected chi connectivity index (χ4v) is 3.72. The lowest BCUT2D eigenvalue weighted by molar-refractivity contribution is 0.233. The van der Waals surface area contributed by atoms with E-state index >= 15 is 0 Å². The van der Waals surface area contributed by atoms with Gasteiger partial charge in [-0.15, -0.1) is 0 Å². The molecule has 3 rings (SSSR count). The molecule has 0 spiro atoms. The van der Waals surface area contributed by atoms with Gasteiger partial charge in [0, 0.05) is 18.7 Å². The summed E-state index contributed by atoms with van der Waals surface area (Å²) in [4.78, 5) is 2.57. The van der Waals surface area contributed by atoms with Crippen LogP contribution < -0.4 is 15.8 Å². The maximum absolute atomic E-state index is 6.05. The number of anilines is 2. The lowest BCUT2D eigenvalue weighted by Crippen LogP contribution is -2.27. The molecule has 0 bridgehead atoms. The van der Waals surface area contributed by atoms with E-state index in [0.29, 0.717) is 18.2 Å². The van der Waals surface area contributed by atoms with Gasteiger partial charge in [-0.1, -0.05) is 37.5 Å². The Morgan fingerprint density at radius 2 is 1.85 bits per heavy atom. The zero-order valence-electron chi connectivity index (χ0n) is 15.3. The number of hydrogen-bond donors (Lipinski definition) is 2. The zero-order chi connectivity index (χ0) is 18.0. The Kier molecular flexibility index (Phi) is 7.51. The van der Waals surface area contributed by atoms with E-state index in [0.717, 1.165) is 37.0 Å². The van der Waals surface area contributed by atoms with Gasteiger partial charge >= 0.3 is 0 Å². The molecule has 1 aromatic heterocycles. The largest absolute Gasteiger partial charge is 0.493 e. The van der Waals surface area contributed by atoms with Crippen molar-refractivity contribution in [3.63, 3.8) is 0 Å². The van der Waals surface area contributed by atoms with Crippen molar-refractivity contribution in [2.24, 2.45) is 0 Å². The summed E-state index contributed by atoms with van der Waals surface area (Å²) in [5.74, 6) is 2.14. The van der Waals surface area contributed by atoms with Crippen molar-refractivity contribution in [3.05, 3.63) is 29.8 Å². The van der Waals surface area contributed by atoms with Crippen LogP contribution in [0.1, 0.15) is 44.1 Å². The smallest absolute Gasteiger partial charge is 0.184 e. The minimum Gasteiger partial charge on any atom is -0.493 e. The molecule has 1 saturated heterocycles. The molecule has 1 aromatic carbocycles. The van der Waals surface area contributed by atoms with Gasteiger partial charge in [0.1, 0.15) is 5.75 Å². The zero-order valence-corrected chi connectivity index (χ0v) is 16.1. The first-order valence-corrected chi connectivity index (χ1v) is 10.3. The van der Waals surface area contributed by atoms with Gasteiger partial charge in [-0.25, -0.2) is 0 Å². The number of nitrogens with one attached hydrogen (secondary N) is 1. The normalized spacial score (nSPS) is 16.0. The third-order valence-corrected chi connectivity index (χ3v) is 5.24. The molecule has 0 amide bonds. The predicted octanol–water partition coefficient (Wildman–Crippen LogP) is 3.77. The van der Waals surface area contributed by atoms with Crippen LogP contribution in [-0.4, -0.2) is 39.9 Å². The lowest BCUT2D eigenvalue weighted by atomic mass is 10.1. The van der Waals surface area contributed by atoms with E-state index in [2.05, 4.69) is 37.2 Å². The summed E-state index contributed by atoms with van der Waals surface area (Å²) in [6, 6.07) is 8.42. The number of para-hydroxylation sites is 1. The molecule has 0 aliphatic carbocycles. The van der Waals surface area contributed by atoms with Gasteiger partial charge in [-0.05, 0) is 38.4 Å². The third-order valence-electron chi connectivity index (χ3n) is 4.70. The second-order valence-electron chi connectivity index (χ2n) is 6.78. The maximum atomic E-state index is 6.05. The predicted molar refractivity (Wildman–Crippen MR) is 108 cm³/mol. The molecule has 0 radical (unpaired) electrons. The Bertz CT molecular complexity index is 655. The molecule has 0 atom stereocenters. The number of aromatic nitrogens is 2. The van der Waals surface area contributed by atoms with Crippen molar-refractivity contribution in [2.75, 3.05) is 37.3 Å². The van der Waals surface area contributed by atoms with E-state index in [-0.39, 0.29) is 0 Å². The molecule has 1 aliphatic rings. The number of nitrogens with two attached hydrogens (primary N) is 1. The van der Waals surface area contributed by atoms with Gasteiger partial charge in [0.05, 0.1) is 18.3 Å². The minimum atomic E-state index is 0.467. The van der Waals surface area contributed by atoms with E-state index in [1.807, 2.05) is 6.07 Å². The highest BCUT2D eigenvalue weighted by atomic mass is 32.1. The second kappa shape index (κ2) is 10.3. The fourth-order valence-electron chi connectivity index (χ4n) is 3.27. The van der Waals surface area contributed by atoms with Crippen molar-refractivity contribution in [1.29, 1.82) is 0 Å². The van der Waals surface area contributed by atoms with Crippen molar-refractivity contribution >= 4 is 23.4 Å². The first-order valence-electron chi connectivity index (χ1n) is 9.58. The van der Waals surface area contributed by atoms with Crippen LogP contribution in [0.15, 0.2) is 24.3 Å². The number of ether oxygens (including phenoxy) is 1. The molecule has 0 saturated carbocycles. The second-order valence-corrected chi connectivity index (χ2v) is 7.31.